The normalized spacial score (nSPS) is 10.8. The lowest BCUT2D eigenvalue weighted by molar-refractivity contribution is 0.543. The van der Waals surface area contributed by atoms with Crippen molar-refractivity contribution in [3.8, 4) is 0 Å². The average molecular weight is 276 g/mol. The van der Waals surface area contributed by atoms with Gasteiger partial charge in [0.1, 0.15) is 0 Å². The number of rotatable bonds is 13. The molecule has 0 aromatic carbocycles. The molecule has 1 aromatic rings. The van der Waals surface area contributed by atoms with Crippen molar-refractivity contribution in [2.75, 3.05) is 6.54 Å². The molecule has 0 saturated heterocycles. The number of nitrogens with one attached hydrogen (secondary N) is 1. The highest BCUT2D eigenvalue weighted by Gasteiger charge is 1.94. The quantitative estimate of drug-likeness (QED) is 0.507. The molecule has 1 rings (SSSR count). The molecular weight excluding hydrogens is 244 g/mol. The van der Waals surface area contributed by atoms with Crippen LogP contribution in [0.15, 0.2) is 24.5 Å². The Hall–Kier alpha value is -0.890. The molecule has 2 heteroatoms. The fourth-order valence-electron chi connectivity index (χ4n) is 2.47. The van der Waals surface area contributed by atoms with Crippen molar-refractivity contribution in [1.29, 1.82) is 0 Å². The van der Waals surface area contributed by atoms with Gasteiger partial charge in [-0.05, 0) is 30.7 Å². The van der Waals surface area contributed by atoms with Crippen LogP contribution in [0.1, 0.15) is 76.7 Å². The van der Waals surface area contributed by atoms with Crippen molar-refractivity contribution in [1.82, 2.24) is 10.3 Å². The number of hydrogen-bond acceptors (Lipinski definition) is 2. The summed E-state index contributed by atoms with van der Waals surface area (Å²) >= 11 is 0. The Kier molecular flexibility index (Phi) is 11.2. The van der Waals surface area contributed by atoms with E-state index in [9.17, 15) is 0 Å². The molecule has 0 fully saturated rings. The van der Waals surface area contributed by atoms with Gasteiger partial charge in [0.15, 0.2) is 0 Å². The van der Waals surface area contributed by atoms with E-state index in [2.05, 4.69) is 29.4 Å². The van der Waals surface area contributed by atoms with Gasteiger partial charge in [0.25, 0.3) is 0 Å². The molecule has 1 heterocycles. The summed E-state index contributed by atoms with van der Waals surface area (Å²) in [4.78, 5) is 4.03. The monoisotopic (exact) mass is 276 g/mol. The van der Waals surface area contributed by atoms with Crippen molar-refractivity contribution in [3.05, 3.63) is 30.1 Å². The molecule has 0 aliphatic heterocycles. The first-order chi connectivity index (χ1) is 9.93. The Morgan fingerprint density at radius 2 is 1.35 bits per heavy atom. The van der Waals surface area contributed by atoms with Crippen LogP contribution in [0.25, 0.3) is 0 Å². The van der Waals surface area contributed by atoms with E-state index in [0.29, 0.717) is 0 Å². The fourth-order valence-corrected chi connectivity index (χ4v) is 2.47. The Balaban J connectivity index is 1.77. The summed E-state index contributed by atoms with van der Waals surface area (Å²) in [5.41, 5.74) is 1.33. The van der Waals surface area contributed by atoms with Crippen LogP contribution in [0.4, 0.5) is 0 Å². The largest absolute Gasteiger partial charge is 0.313 e. The van der Waals surface area contributed by atoms with E-state index >= 15 is 0 Å². The van der Waals surface area contributed by atoms with E-state index in [4.69, 9.17) is 0 Å². The van der Waals surface area contributed by atoms with Crippen LogP contribution in [0.5, 0.6) is 0 Å². The van der Waals surface area contributed by atoms with Crippen LogP contribution in [-0.4, -0.2) is 11.5 Å². The summed E-state index contributed by atoms with van der Waals surface area (Å²) in [5, 5.41) is 3.50. The minimum atomic E-state index is 0.972. The standard InChI is InChI=1S/C18H32N2/c1-2-3-4-5-6-7-8-9-10-11-14-20-17-18-12-15-19-16-13-18/h12-13,15-16,20H,2-11,14,17H2,1H3. The van der Waals surface area contributed by atoms with Gasteiger partial charge in [-0.3, -0.25) is 4.98 Å². The lowest BCUT2D eigenvalue weighted by atomic mass is 10.1. The molecule has 1 aromatic heterocycles. The van der Waals surface area contributed by atoms with Gasteiger partial charge in [-0.2, -0.15) is 0 Å². The van der Waals surface area contributed by atoms with Gasteiger partial charge in [0.05, 0.1) is 0 Å². The van der Waals surface area contributed by atoms with Crippen LogP contribution >= 0.6 is 0 Å². The smallest absolute Gasteiger partial charge is 0.0271 e. The van der Waals surface area contributed by atoms with E-state index < -0.39 is 0 Å². The Labute approximate surface area is 125 Å². The third kappa shape index (κ3) is 9.96. The molecule has 0 atom stereocenters. The van der Waals surface area contributed by atoms with Gasteiger partial charge in [-0.25, -0.2) is 0 Å². The van der Waals surface area contributed by atoms with Gasteiger partial charge in [-0.1, -0.05) is 64.7 Å². The number of nitrogens with zero attached hydrogens (tertiary/aromatic N) is 1. The highest BCUT2D eigenvalue weighted by molar-refractivity contribution is 5.08. The molecule has 20 heavy (non-hydrogen) atoms. The van der Waals surface area contributed by atoms with Gasteiger partial charge in [-0.15, -0.1) is 0 Å². The zero-order valence-corrected chi connectivity index (χ0v) is 13.2. The van der Waals surface area contributed by atoms with Gasteiger partial charge < -0.3 is 5.32 Å². The third-order valence-corrected chi connectivity index (χ3v) is 3.79. The number of unbranched alkanes of at least 4 members (excludes halogenated alkanes) is 9. The lowest BCUT2D eigenvalue weighted by Gasteiger charge is -2.05. The average Bonchev–Trinajstić information content (AvgIpc) is 2.49. The van der Waals surface area contributed by atoms with Crippen LogP contribution < -0.4 is 5.32 Å². The van der Waals surface area contributed by atoms with Crippen molar-refractivity contribution >= 4 is 0 Å². The topological polar surface area (TPSA) is 24.9 Å². The highest BCUT2D eigenvalue weighted by Crippen LogP contribution is 2.10. The van der Waals surface area contributed by atoms with Crippen LogP contribution in [-0.2, 0) is 6.54 Å². The summed E-state index contributed by atoms with van der Waals surface area (Å²) in [6, 6.07) is 4.15. The Morgan fingerprint density at radius 3 is 1.95 bits per heavy atom. The lowest BCUT2D eigenvalue weighted by Crippen LogP contribution is -2.14. The molecule has 0 aliphatic rings. The SMILES string of the molecule is CCCCCCCCCCCCNCc1ccncc1. The molecular formula is C18H32N2. The molecule has 0 unspecified atom stereocenters. The van der Waals surface area contributed by atoms with E-state index in [1.807, 2.05) is 12.4 Å². The maximum absolute atomic E-state index is 4.03. The van der Waals surface area contributed by atoms with Crippen LogP contribution in [0, 0.1) is 0 Å². The second-order valence-corrected chi connectivity index (χ2v) is 5.71. The first kappa shape index (κ1) is 17.2. The summed E-state index contributed by atoms with van der Waals surface area (Å²) in [5.74, 6) is 0. The van der Waals surface area contributed by atoms with Gasteiger partial charge in [0, 0.05) is 18.9 Å². The highest BCUT2D eigenvalue weighted by atomic mass is 14.8. The number of aromatic nitrogens is 1. The second kappa shape index (κ2) is 13.1. The summed E-state index contributed by atoms with van der Waals surface area (Å²) < 4.78 is 0. The zero-order valence-electron chi connectivity index (χ0n) is 13.2. The maximum atomic E-state index is 4.03. The van der Waals surface area contributed by atoms with Crippen LogP contribution in [0.3, 0.4) is 0 Å². The van der Waals surface area contributed by atoms with E-state index in [-0.39, 0.29) is 0 Å². The molecule has 1 N–H and O–H groups in total. The molecule has 0 spiro atoms. The van der Waals surface area contributed by atoms with Crippen molar-refractivity contribution in [2.45, 2.75) is 77.7 Å². The molecule has 0 aliphatic carbocycles. The molecule has 0 saturated carbocycles. The third-order valence-electron chi connectivity index (χ3n) is 3.79. The van der Waals surface area contributed by atoms with Gasteiger partial charge >= 0.3 is 0 Å². The number of hydrogen-bond donors (Lipinski definition) is 1. The van der Waals surface area contributed by atoms with Crippen molar-refractivity contribution in [3.63, 3.8) is 0 Å². The fraction of sp³-hybridized carbons (Fsp3) is 0.722. The summed E-state index contributed by atoms with van der Waals surface area (Å²) in [7, 11) is 0. The minimum Gasteiger partial charge on any atom is -0.313 e. The first-order valence-corrected chi connectivity index (χ1v) is 8.53. The van der Waals surface area contributed by atoms with Crippen molar-refractivity contribution < 1.29 is 0 Å². The van der Waals surface area contributed by atoms with E-state index in [0.717, 1.165) is 13.1 Å². The molecule has 0 bridgehead atoms. The molecule has 0 radical (unpaired) electrons. The summed E-state index contributed by atoms with van der Waals surface area (Å²) in [6.45, 7) is 4.39. The zero-order chi connectivity index (χ0) is 14.3. The van der Waals surface area contributed by atoms with E-state index in [1.54, 1.807) is 0 Å². The van der Waals surface area contributed by atoms with Crippen LogP contribution in [0.2, 0.25) is 0 Å². The predicted molar refractivity (Wildman–Crippen MR) is 87.8 cm³/mol. The van der Waals surface area contributed by atoms with E-state index in [1.165, 1.54) is 69.8 Å². The maximum Gasteiger partial charge on any atom is 0.0271 e. The van der Waals surface area contributed by atoms with Gasteiger partial charge in [0.2, 0.25) is 0 Å². The second-order valence-electron chi connectivity index (χ2n) is 5.71. The molecule has 2 nitrogen and oxygen atoms in total. The molecule has 114 valence electrons. The predicted octanol–water partition coefficient (Wildman–Crippen LogP) is 5.09. The Morgan fingerprint density at radius 1 is 0.800 bits per heavy atom. The molecule has 0 amide bonds. The van der Waals surface area contributed by atoms with Crippen molar-refractivity contribution in [2.24, 2.45) is 0 Å². The minimum absolute atomic E-state index is 0.972. The Bertz CT molecular complexity index is 298. The summed E-state index contributed by atoms with van der Waals surface area (Å²) in [6.07, 6.45) is 17.8. The number of pyridine rings is 1. The first-order valence-electron chi connectivity index (χ1n) is 8.53.